The Morgan fingerprint density at radius 2 is 1.76 bits per heavy atom. The van der Waals surface area contributed by atoms with Crippen molar-refractivity contribution in [1.29, 1.82) is 0 Å². The number of aromatic amines is 1. The van der Waals surface area contributed by atoms with Gasteiger partial charge in [0, 0.05) is 24.7 Å². The third-order valence-corrected chi connectivity index (χ3v) is 5.07. The Morgan fingerprint density at radius 3 is 2.30 bits per heavy atom. The molecule has 0 aromatic carbocycles. The molecule has 1 aliphatic heterocycles. The molecule has 1 aromatic heterocycles. The lowest BCUT2D eigenvalue weighted by atomic mass is 10.1. The summed E-state index contributed by atoms with van der Waals surface area (Å²) in [6, 6.07) is -4.66. The average Bonchev–Trinajstić information content (AvgIpc) is 3.48. The van der Waals surface area contributed by atoms with Crippen molar-refractivity contribution in [2.45, 2.75) is 56.3 Å². The van der Waals surface area contributed by atoms with Crippen molar-refractivity contribution in [1.82, 2.24) is 31.2 Å². The van der Waals surface area contributed by atoms with Crippen LogP contribution in [0, 0.1) is 0 Å². The van der Waals surface area contributed by atoms with Crippen LogP contribution in [-0.4, -0.2) is 92.3 Å². The minimum atomic E-state index is -1.52. The number of hydrogen-bond acceptors (Lipinski definition) is 8. The number of aliphatic carboxylic acids is 2. The first-order chi connectivity index (χ1) is 15.7. The molecule has 2 heterocycles. The summed E-state index contributed by atoms with van der Waals surface area (Å²) in [6.45, 7) is -0.210. The maximum absolute atomic E-state index is 12.7. The van der Waals surface area contributed by atoms with E-state index in [9.17, 15) is 34.2 Å². The SMILES string of the molecule is O=C(O)CCC(NC(=O)C1CCCN1)C(=O)NC(CO)C(=O)NC(Cc1cnc[nH]1)C(=O)O. The molecule has 14 nitrogen and oxygen atoms in total. The average molecular weight is 468 g/mol. The standard InChI is InChI=1S/C19H28N6O8/c26-8-14(18(31)24-13(19(32)33)6-10-7-20-9-22-10)25-17(30)12(3-4-15(27)28)23-16(29)11-2-1-5-21-11/h7,9,11-14,21,26H,1-6,8H2,(H,20,22)(H,23,29)(H,24,31)(H,25,30)(H,27,28)(H,32,33). The van der Waals surface area contributed by atoms with E-state index >= 15 is 0 Å². The molecule has 1 aliphatic rings. The number of hydrogen-bond donors (Lipinski definition) is 8. The van der Waals surface area contributed by atoms with Gasteiger partial charge in [0.25, 0.3) is 0 Å². The molecule has 2 rings (SSSR count). The van der Waals surface area contributed by atoms with Crippen molar-refractivity contribution in [2.75, 3.05) is 13.2 Å². The number of rotatable bonds is 13. The van der Waals surface area contributed by atoms with Crippen LogP contribution < -0.4 is 21.3 Å². The van der Waals surface area contributed by atoms with Crippen molar-refractivity contribution in [3.63, 3.8) is 0 Å². The number of aromatic nitrogens is 2. The Balaban J connectivity index is 2.01. The molecular weight excluding hydrogens is 440 g/mol. The number of aliphatic hydroxyl groups excluding tert-OH is 1. The highest BCUT2D eigenvalue weighted by atomic mass is 16.4. The molecule has 14 heteroatoms. The summed E-state index contributed by atoms with van der Waals surface area (Å²) in [7, 11) is 0. The molecule has 8 N–H and O–H groups in total. The van der Waals surface area contributed by atoms with Gasteiger partial charge in [0.05, 0.1) is 19.0 Å². The number of carbonyl (C=O) groups is 5. The summed E-state index contributed by atoms with van der Waals surface area (Å²) in [4.78, 5) is 66.5. The molecule has 4 unspecified atom stereocenters. The fourth-order valence-electron chi connectivity index (χ4n) is 3.27. The van der Waals surface area contributed by atoms with E-state index in [-0.39, 0.29) is 12.8 Å². The van der Waals surface area contributed by atoms with Gasteiger partial charge in [0.15, 0.2) is 0 Å². The van der Waals surface area contributed by atoms with Gasteiger partial charge in [-0.15, -0.1) is 0 Å². The summed E-state index contributed by atoms with van der Waals surface area (Å²) in [5, 5.41) is 37.8. The summed E-state index contributed by atoms with van der Waals surface area (Å²) in [6.07, 6.45) is 3.31. The number of carboxylic acid groups (broad SMARTS) is 2. The Bertz CT molecular complexity index is 839. The minimum absolute atomic E-state index is 0.112. The van der Waals surface area contributed by atoms with Crippen molar-refractivity contribution < 1.29 is 39.3 Å². The van der Waals surface area contributed by atoms with Crippen LogP contribution in [0.3, 0.4) is 0 Å². The summed E-state index contributed by atoms with van der Waals surface area (Å²) < 4.78 is 0. The van der Waals surface area contributed by atoms with E-state index in [0.717, 1.165) is 6.42 Å². The van der Waals surface area contributed by atoms with E-state index in [4.69, 9.17) is 5.11 Å². The van der Waals surface area contributed by atoms with Crippen LogP contribution in [0.15, 0.2) is 12.5 Å². The van der Waals surface area contributed by atoms with Crippen molar-refractivity contribution >= 4 is 29.7 Å². The normalized spacial score (nSPS) is 18.0. The zero-order valence-electron chi connectivity index (χ0n) is 17.7. The zero-order valence-corrected chi connectivity index (χ0v) is 17.7. The molecule has 3 amide bonds. The molecule has 1 fully saturated rings. The lowest BCUT2D eigenvalue weighted by Gasteiger charge is -2.24. The molecule has 0 radical (unpaired) electrons. The quantitative estimate of drug-likeness (QED) is 0.147. The topological polar surface area (TPSA) is 223 Å². The number of nitrogens with one attached hydrogen (secondary N) is 5. The van der Waals surface area contributed by atoms with E-state index < -0.39 is 66.9 Å². The van der Waals surface area contributed by atoms with Crippen molar-refractivity contribution in [2.24, 2.45) is 0 Å². The van der Waals surface area contributed by atoms with Gasteiger partial charge in [-0.05, 0) is 25.8 Å². The first-order valence-corrected chi connectivity index (χ1v) is 10.4. The van der Waals surface area contributed by atoms with Crippen LogP contribution in [0.1, 0.15) is 31.4 Å². The second-order valence-electron chi connectivity index (χ2n) is 7.57. The van der Waals surface area contributed by atoms with E-state index in [0.29, 0.717) is 18.7 Å². The van der Waals surface area contributed by atoms with Gasteiger partial charge < -0.3 is 41.6 Å². The van der Waals surface area contributed by atoms with Crippen LogP contribution in [0.25, 0.3) is 0 Å². The predicted octanol–water partition coefficient (Wildman–Crippen LogP) is -2.90. The molecule has 4 atom stereocenters. The van der Waals surface area contributed by atoms with Gasteiger partial charge in [-0.1, -0.05) is 0 Å². The lowest BCUT2D eigenvalue weighted by Crippen LogP contribution is -2.58. The Morgan fingerprint density at radius 1 is 1.06 bits per heavy atom. The van der Waals surface area contributed by atoms with Crippen molar-refractivity contribution in [3.8, 4) is 0 Å². The fourth-order valence-corrected chi connectivity index (χ4v) is 3.27. The number of H-pyrrole nitrogens is 1. The molecule has 1 saturated heterocycles. The van der Waals surface area contributed by atoms with Gasteiger partial charge in [-0.3, -0.25) is 19.2 Å². The molecular formula is C19H28N6O8. The molecule has 182 valence electrons. The van der Waals surface area contributed by atoms with E-state index in [1.165, 1.54) is 12.5 Å². The maximum Gasteiger partial charge on any atom is 0.326 e. The first-order valence-electron chi connectivity index (χ1n) is 10.4. The highest BCUT2D eigenvalue weighted by molar-refractivity contribution is 5.94. The second kappa shape index (κ2) is 12.5. The number of carbonyl (C=O) groups excluding carboxylic acids is 3. The number of amides is 3. The van der Waals surface area contributed by atoms with E-state index in [1.807, 2.05) is 0 Å². The highest BCUT2D eigenvalue weighted by Crippen LogP contribution is 2.07. The third kappa shape index (κ3) is 8.16. The van der Waals surface area contributed by atoms with E-state index in [2.05, 4.69) is 31.2 Å². The second-order valence-corrected chi connectivity index (χ2v) is 7.57. The number of aliphatic hydroxyl groups is 1. The molecule has 1 aromatic rings. The highest BCUT2D eigenvalue weighted by Gasteiger charge is 2.31. The third-order valence-electron chi connectivity index (χ3n) is 5.07. The van der Waals surface area contributed by atoms with E-state index in [1.54, 1.807) is 0 Å². The van der Waals surface area contributed by atoms with Crippen LogP contribution in [-0.2, 0) is 30.4 Å². The van der Waals surface area contributed by atoms with Gasteiger partial charge in [-0.2, -0.15) is 0 Å². The van der Waals surface area contributed by atoms with Crippen molar-refractivity contribution in [3.05, 3.63) is 18.2 Å². The number of nitrogens with zero attached hydrogens (tertiary/aromatic N) is 1. The monoisotopic (exact) mass is 468 g/mol. The Kier molecular flexibility index (Phi) is 9.75. The Hall–Kier alpha value is -3.52. The molecule has 0 spiro atoms. The number of imidazole rings is 1. The Labute approximate surface area is 188 Å². The smallest absolute Gasteiger partial charge is 0.326 e. The molecule has 0 aliphatic carbocycles. The summed E-state index contributed by atoms with van der Waals surface area (Å²) in [5.41, 5.74) is 0.448. The van der Waals surface area contributed by atoms with Gasteiger partial charge >= 0.3 is 11.9 Å². The first kappa shape index (κ1) is 25.7. The van der Waals surface area contributed by atoms with Gasteiger partial charge in [0.2, 0.25) is 17.7 Å². The molecule has 0 bridgehead atoms. The van der Waals surface area contributed by atoms with Crippen LogP contribution >= 0.6 is 0 Å². The summed E-state index contributed by atoms with van der Waals surface area (Å²) in [5.74, 6) is -4.83. The fraction of sp³-hybridized carbons (Fsp3) is 0.579. The zero-order chi connectivity index (χ0) is 24.4. The number of carboxylic acids is 2. The molecule has 33 heavy (non-hydrogen) atoms. The molecule has 0 saturated carbocycles. The van der Waals surface area contributed by atoms with Crippen LogP contribution in [0.5, 0.6) is 0 Å². The minimum Gasteiger partial charge on any atom is -0.481 e. The van der Waals surface area contributed by atoms with Crippen LogP contribution in [0.2, 0.25) is 0 Å². The van der Waals surface area contributed by atoms with Gasteiger partial charge in [0.1, 0.15) is 18.1 Å². The van der Waals surface area contributed by atoms with Crippen LogP contribution in [0.4, 0.5) is 0 Å². The predicted molar refractivity (Wildman–Crippen MR) is 111 cm³/mol. The maximum atomic E-state index is 12.7. The summed E-state index contributed by atoms with van der Waals surface area (Å²) >= 11 is 0. The lowest BCUT2D eigenvalue weighted by molar-refractivity contribution is -0.142. The van der Waals surface area contributed by atoms with Gasteiger partial charge in [-0.25, -0.2) is 9.78 Å². The largest absolute Gasteiger partial charge is 0.481 e.